The summed E-state index contributed by atoms with van der Waals surface area (Å²) in [6.45, 7) is 9.20. The van der Waals surface area contributed by atoms with Crippen molar-refractivity contribution in [2.45, 2.75) is 46.3 Å². The number of hydrogen-bond acceptors (Lipinski definition) is 3. The van der Waals surface area contributed by atoms with Gasteiger partial charge in [0, 0.05) is 5.69 Å². The Morgan fingerprint density at radius 2 is 2.06 bits per heavy atom. The molecule has 0 spiro atoms. The Kier molecular flexibility index (Phi) is 4.57. The molecule has 0 aliphatic carbocycles. The van der Waals surface area contributed by atoms with E-state index >= 15 is 0 Å². The molecule has 0 fully saturated rings. The minimum atomic E-state index is -0.504. The molecule has 1 rings (SSSR count). The van der Waals surface area contributed by atoms with E-state index in [-0.39, 0.29) is 6.04 Å². The fraction of sp³-hybridized carbons (Fsp3) is 0.538. The Hall–Kier alpha value is -1.29. The number of hydrogen-bond donors (Lipinski definition) is 1. The number of nitrogens with zero attached hydrogens (tertiary/aromatic N) is 1. The lowest BCUT2D eigenvalue weighted by atomic mass is 10.1. The summed E-state index contributed by atoms with van der Waals surface area (Å²) in [5, 5.41) is 3.18. The van der Waals surface area contributed by atoms with Crippen LogP contribution in [0.2, 0.25) is 5.15 Å². The maximum atomic E-state index is 11.6. The number of nitrogens with one attached hydrogen (secondary N) is 1. The number of ether oxygens (including phenoxy) is 1. The molecule has 1 atom stereocenters. The predicted octanol–water partition coefficient (Wildman–Crippen LogP) is 3.63. The zero-order valence-corrected chi connectivity index (χ0v) is 12.1. The second kappa shape index (κ2) is 5.57. The average molecular weight is 271 g/mol. The van der Waals surface area contributed by atoms with Crippen LogP contribution in [0.15, 0.2) is 12.1 Å². The summed E-state index contributed by atoms with van der Waals surface area (Å²) in [5.41, 5.74) is 1.21. The van der Waals surface area contributed by atoms with Crippen molar-refractivity contribution in [1.29, 1.82) is 0 Å². The van der Waals surface area contributed by atoms with Gasteiger partial charge in [-0.15, -0.1) is 0 Å². The Morgan fingerprint density at radius 3 is 2.56 bits per heavy atom. The van der Waals surface area contributed by atoms with Crippen LogP contribution in [0.25, 0.3) is 0 Å². The van der Waals surface area contributed by atoms with Gasteiger partial charge in [-0.3, -0.25) is 0 Å². The first kappa shape index (κ1) is 14.8. The molecule has 1 aromatic rings. The van der Waals surface area contributed by atoms with Crippen molar-refractivity contribution >= 4 is 17.7 Å². The first-order valence-electron chi connectivity index (χ1n) is 5.81. The second-order valence-corrected chi connectivity index (χ2v) is 5.62. The minimum Gasteiger partial charge on any atom is -0.444 e. The number of aryl methyl sites for hydroxylation is 1. The van der Waals surface area contributed by atoms with Crippen LogP contribution in [0.1, 0.15) is 45.0 Å². The lowest BCUT2D eigenvalue weighted by molar-refractivity contribution is 0.0508. The predicted molar refractivity (Wildman–Crippen MR) is 71.8 cm³/mol. The summed E-state index contributed by atoms with van der Waals surface area (Å²) in [6.07, 6.45) is -0.444. The van der Waals surface area contributed by atoms with E-state index in [0.717, 1.165) is 11.3 Å². The highest BCUT2D eigenvalue weighted by atomic mass is 35.5. The molecule has 0 saturated carbocycles. The summed E-state index contributed by atoms with van der Waals surface area (Å²) in [5.74, 6) is 0. The van der Waals surface area contributed by atoms with Crippen LogP contribution >= 0.6 is 11.6 Å². The summed E-state index contributed by atoms with van der Waals surface area (Å²) in [6, 6.07) is 3.43. The minimum absolute atomic E-state index is 0.181. The molecule has 0 radical (unpaired) electrons. The highest BCUT2D eigenvalue weighted by Gasteiger charge is 2.18. The van der Waals surface area contributed by atoms with Gasteiger partial charge >= 0.3 is 6.09 Å². The first-order chi connectivity index (χ1) is 8.17. The van der Waals surface area contributed by atoms with E-state index in [0.29, 0.717) is 5.15 Å². The van der Waals surface area contributed by atoms with Crippen LogP contribution in [0.3, 0.4) is 0 Å². The molecular formula is C13H19ClN2O2. The highest BCUT2D eigenvalue weighted by molar-refractivity contribution is 6.29. The number of carbonyl (C=O) groups excluding carboxylic acids is 1. The van der Waals surface area contributed by atoms with E-state index < -0.39 is 11.7 Å². The number of carbonyl (C=O) groups is 1. The summed E-state index contributed by atoms with van der Waals surface area (Å²) in [4.78, 5) is 15.7. The maximum absolute atomic E-state index is 11.6. The normalized spacial score (nSPS) is 13.0. The SMILES string of the molecule is Cc1cc(C(C)NC(=O)OC(C)(C)C)cc(Cl)n1. The van der Waals surface area contributed by atoms with Crippen LogP contribution in [0.5, 0.6) is 0 Å². The van der Waals surface area contributed by atoms with Gasteiger partial charge in [-0.25, -0.2) is 9.78 Å². The van der Waals surface area contributed by atoms with Crippen molar-refractivity contribution in [3.63, 3.8) is 0 Å². The maximum Gasteiger partial charge on any atom is 0.408 e. The largest absolute Gasteiger partial charge is 0.444 e. The van der Waals surface area contributed by atoms with Crippen molar-refractivity contribution in [2.75, 3.05) is 0 Å². The fourth-order valence-electron chi connectivity index (χ4n) is 1.47. The topological polar surface area (TPSA) is 51.2 Å². The molecule has 0 bridgehead atoms. The number of rotatable bonds is 2. The van der Waals surface area contributed by atoms with Crippen LogP contribution in [-0.4, -0.2) is 16.7 Å². The van der Waals surface area contributed by atoms with Crippen molar-refractivity contribution in [3.05, 3.63) is 28.5 Å². The van der Waals surface area contributed by atoms with Gasteiger partial charge in [-0.05, 0) is 52.3 Å². The molecule has 1 unspecified atom stereocenters. The molecule has 1 N–H and O–H groups in total. The van der Waals surface area contributed by atoms with Gasteiger partial charge in [0.15, 0.2) is 0 Å². The molecule has 18 heavy (non-hydrogen) atoms. The van der Waals surface area contributed by atoms with Gasteiger partial charge in [0.2, 0.25) is 0 Å². The lowest BCUT2D eigenvalue weighted by Gasteiger charge is -2.22. The number of pyridine rings is 1. The van der Waals surface area contributed by atoms with Gasteiger partial charge < -0.3 is 10.1 Å². The van der Waals surface area contributed by atoms with Gasteiger partial charge in [-0.1, -0.05) is 11.6 Å². The van der Waals surface area contributed by atoms with Crippen molar-refractivity contribution in [2.24, 2.45) is 0 Å². The third-order valence-electron chi connectivity index (χ3n) is 2.18. The molecule has 0 saturated heterocycles. The molecule has 5 heteroatoms. The van der Waals surface area contributed by atoms with Gasteiger partial charge in [-0.2, -0.15) is 0 Å². The highest BCUT2D eigenvalue weighted by Crippen LogP contribution is 2.18. The van der Waals surface area contributed by atoms with E-state index in [9.17, 15) is 4.79 Å². The van der Waals surface area contributed by atoms with E-state index in [4.69, 9.17) is 16.3 Å². The van der Waals surface area contributed by atoms with Crippen molar-refractivity contribution < 1.29 is 9.53 Å². The third-order valence-corrected chi connectivity index (χ3v) is 2.37. The fourth-order valence-corrected chi connectivity index (χ4v) is 1.73. The van der Waals surface area contributed by atoms with E-state index in [1.807, 2.05) is 40.7 Å². The van der Waals surface area contributed by atoms with Gasteiger partial charge in [0.25, 0.3) is 0 Å². The third kappa shape index (κ3) is 4.92. The van der Waals surface area contributed by atoms with Crippen LogP contribution in [0.4, 0.5) is 4.79 Å². The Bertz CT molecular complexity index is 421. The van der Waals surface area contributed by atoms with Crippen LogP contribution in [-0.2, 0) is 4.74 Å². The van der Waals surface area contributed by atoms with Gasteiger partial charge in [0.1, 0.15) is 10.8 Å². The standard InChI is InChI=1S/C13H19ClN2O2/c1-8-6-10(7-11(14)15-8)9(2)16-12(17)18-13(3,4)5/h6-7,9H,1-5H3,(H,16,17). The summed E-state index contributed by atoms with van der Waals surface area (Å²) < 4.78 is 5.19. The summed E-state index contributed by atoms with van der Waals surface area (Å²) >= 11 is 5.88. The molecule has 1 aromatic heterocycles. The average Bonchev–Trinajstić information content (AvgIpc) is 2.12. The van der Waals surface area contributed by atoms with Crippen LogP contribution < -0.4 is 5.32 Å². The number of alkyl carbamates (subject to hydrolysis) is 1. The molecule has 0 aliphatic heterocycles. The Morgan fingerprint density at radius 1 is 1.44 bits per heavy atom. The summed E-state index contributed by atoms with van der Waals surface area (Å²) in [7, 11) is 0. The monoisotopic (exact) mass is 270 g/mol. The molecule has 0 aliphatic rings. The van der Waals surface area contributed by atoms with Crippen LogP contribution in [0, 0.1) is 6.92 Å². The van der Waals surface area contributed by atoms with Crippen molar-refractivity contribution in [1.82, 2.24) is 10.3 Å². The molecule has 1 heterocycles. The lowest BCUT2D eigenvalue weighted by Crippen LogP contribution is -2.34. The molecule has 100 valence electrons. The number of aromatic nitrogens is 1. The number of halogens is 1. The van der Waals surface area contributed by atoms with E-state index in [1.54, 1.807) is 6.07 Å². The number of amides is 1. The molecule has 0 aromatic carbocycles. The first-order valence-corrected chi connectivity index (χ1v) is 6.19. The smallest absolute Gasteiger partial charge is 0.408 e. The Labute approximate surface area is 113 Å². The zero-order chi connectivity index (χ0) is 13.9. The second-order valence-electron chi connectivity index (χ2n) is 5.23. The molecule has 4 nitrogen and oxygen atoms in total. The molecule has 1 amide bonds. The zero-order valence-electron chi connectivity index (χ0n) is 11.4. The van der Waals surface area contributed by atoms with E-state index in [1.165, 1.54) is 0 Å². The quantitative estimate of drug-likeness (QED) is 0.835. The van der Waals surface area contributed by atoms with Crippen molar-refractivity contribution in [3.8, 4) is 0 Å². The Balaban J connectivity index is 2.70. The molecular weight excluding hydrogens is 252 g/mol. The van der Waals surface area contributed by atoms with Gasteiger partial charge in [0.05, 0.1) is 6.04 Å². The van der Waals surface area contributed by atoms with E-state index in [2.05, 4.69) is 10.3 Å².